The summed E-state index contributed by atoms with van der Waals surface area (Å²) in [6, 6.07) is 15.5. The van der Waals surface area contributed by atoms with Gasteiger partial charge in [-0.05, 0) is 36.8 Å². The molecule has 0 spiro atoms. The average Bonchev–Trinajstić information content (AvgIpc) is 3.35. The van der Waals surface area contributed by atoms with Crippen molar-refractivity contribution in [3.05, 3.63) is 77.1 Å². The number of anilines is 2. The highest BCUT2D eigenvalue weighted by Gasteiger charge is 2.22. The van der Waals surface area contributed by atoms with E-state index in [1.54, 1.807) is 18.5 Å². The second-order valence-corrected chi connectivity index (χ2v) is 8.85. The molecular formula is C27H27N7O2. The van der Waals surface area contributed by atoms with E-state index in [1.807, 2.05) is 30.3 Å². The molecule has 3 N–H and O–H groups in total. The number of rotatable bonds is 6. The van der Waals surface area contributed by atoms with Gasteiger partial charge in [0.1, 0.15) is 17.2 Å². The van der Waals surface area contributed by atoms with Gasteiger partial charge >= 0.3 is 0 Å². The maximum Gasteiger partial charge on any atom is 0.261 e. The molecule has 9 nitrogen and oxygen atoms in total. The number of morpholine rings is 1. The van der Waals surface area contributed by atoms with Crippen LogP contribution in [0.15, 0.2) is 65.7 Å². The number of pyridine rings is 1. The Hall–Kier alpha value is -4.24. The molecule has 0 amide bonds. The number of fused-ring (bicyclic) bond motifs is 2. The van der Waals surface area contributed by atoms with Gasteiger partial charge in [0.2, 0.25) is 0 Å². The first kappa shape index (κ1) is 22.2. The number of H-pyrrole nitrogens is 2. The second kappa shape index (κ2) is 9.43. The van der Waals surface area contributed by atoms with Crippen LogP contribution in [0.4, 0.5) is 11.4 Å². The topological polar surface area (TPSA) is 112 Å². The van der Waals surface area contributed by atoms with Crippen molar-refractivity contribution in [3.8, 4) is 11.4 Å². The van der Waals surface area contributed by atoms with Gasteiger partial charge in [-0.25, -0.2) is 15.0 Å². The van der Waals surface area contributed by atoms with Crippen molar-refractivity contribution in [2.75, 3.05) is 36.5 Å². The number of para-hydroxylation sites is 1. The summed E-state index contributed by atoms with van der Waals surface area (Å²) >= 11 is 0. The fourth-order valence-electron chi connectivity index (χ4n) is 4.77. The summed E-state index contributed by atoms with van der Waals surface area (Å²) < 4.78 is 5.49. The fraction of sp³-hybridized carbons (Fsp3) is 0.259. The molecule has 6 rings (SSSR count). The summed E-state index contributed by atoms with van der Waals surface area (Å²) in [5, 5.41) is 4.48. The van der Waals surface area contributed by atoms with E-state index in [0.717, 1.165) is 60.3 Å². The molecule has 3 aromatic heterocycles. The van der Waals surface area contributed by atoms with E-state index in [0.29, 0.717) is 22.9 Å². The first-order valence-electron chi connectivity index (χ1n) is 12.2. The predicted molar refractivity (Wildman–Crippen MR) is 141 cm³/mol. The Morgan fingerprint density at radius 1 is 1.03 bits per heavy atom. The van der Waals surface area contributed by atoms with E-state index in [4.69, 9.17) is 9.72 Å². The van der Waals surface area contributed by atoms with Gasteiger partial charge < -0.3 is 24.9 Å². The number of benzene rings is 2. The number of nitrogens with one attached hydrogen (secondary N) is 3. The van der Waals surface area contributed by atoms with Gasteiger partial charge in [-0.3, -0.25) is 4.79 Å². The van der Waals surface area contributed by atoms with Crippen molar-refractivity contribution in [3.63, 3.8) is 0 Å². The van der Waals surface area contributed by atoms with E-state index in [2.05, 4.69) is 49.2 Å². The van der Waals surface area contributed by atoms with Gasteiger partial charge in [0.15, 0.2) is 0 Å². The molecule has 0 saturated carbocycles. The second-order valence-electron chi connectivity index (χ2n) is 8.85. The van der Waals surface area contributed by atoms with Crippen molar-refractivity contribution in [2.24, 2.45) is 0 Å². The Kier molecular flexibility index (Phi) is 5.82. The zero-order chi connectivity index (χ0) is 24.5. The van der Waals surface area contributed by atoms with E-state index in [1.165, 1.54) is 0 Å². The monoisotopic (exact) mass is 481 g/mol. The molecule has 0 bridgehead atoms. The Bertz CT molecular complexity index is 1570. The lowest BCUT2D eigenvalue weighted by Crippen LogP contribution is -2.36. The van der Waals surface area contributed by atoms with Gasteiger partial charge in [-0.1, -0.05) is 25.1 Å². The molecule has 5 aromatic rings. The number of hydrogen-bond donors (Lipinski definition) is 3. The highest BCUT2D eigenvalue weighted by molar-refractivity contribution is 5.99. The zero-order valence-electron chi connectivity index (χ0n) is 20.0. The van der Waals surface area contributed by atoms with E-state index in [-0.39, 0.29) is 11.6 Å². The Balaban J connectivity index is 1.48. The Morgan fingerprint density at radius 2 is 1.83 bits per heavy atom. The largest absolute Gasteiger partial charge is 0.378 e. The van der Waals surface area contributed by atoms with Crippen molar-refractivity contribution >= 4 is 33.3 Å². The molecule has 182 valence electrons. The number of aromatic nitrogens is 5. The quantitative estimate of drug-likeness (QED) is 0.332. The molecule has 1 atom stereocenters. The van der Waals surface area contributed by atoms with Crippen molar-refractivity contribution in [2.45, 2.75) is 19.4 Å². The molecule has 36 heavy (non-hydrogen) atoms. The first-order valence-corrected chi connectivity index (χ1v) is 12.2. The van der Waals surface area contributed by atoms with Crippen molar-refractivity contribution in [1.82, 2.24) is 24.9 Å². The van der Waals surface area contributed by atoms with Crippen molar-refractivity contribution < 1.29 is 4.74 Å². The molecule has 2 aromatic carbocycles. The third-order valence-corrected chi connectivity index (χ3v) is 6.62. The molecule has 1 fully saturated rings. The standard InChI is InChI=1S/C27H27N7O2/c1-2-19(25-28-10-5-11-29-25)30-24-18-6-3-4-7-20(18)33-27(35)23(24)26-31-21-9-8-17(16-22(21)32-26)34-12-14-36-15-13-34/h3-11,16,19H,2,12-15H2,1H3,(H,31,32)(H2,30,33,35)/t19-/m0/s1. The van der Waals surface area contributed by atoms with Crippen LogP contribution in [0.2, 0.25) is 0 Å². The lowest BCUT2D eigenvalue weighted by atomic mass is 10.1. The molecule has 1 aliphatic heterocycles. The minimum absolute atomic E-state index is 0.174. The summed E-state index contributed by atoms with van der Waals surface area (Å²) in [7, 11) is 0. The van der Waals surface area contributed by atoms with Crippen molar-refractivity contribution in [1.29, 1.82) is 0 Å². The number of imidazole rings is 1. The van der Waals surface area contributed by atoms with E-state index < -0.39 is 0 Å². The summed E-state index contributed by atoms with van der Waals surface area (Å²) in [5.41, 5.74) is 4.51. The van der Waals surface area contributed by atoms with Crippen LogP contribution in [0, 0.1) is 0 Å². The number of aromatic amines is 2. The highest BCUT2D eigenvalue weighted by atomic mass is 16.5. The molecular weight excluding hydrogens is 454 g/mol. The summed E-state index contributed by atoms with van der Waals surface area (Å²) in [5.74, 6) is 1.19. The van der Waals surface area contributed by atoms with Gasteiger partial charge in [0.25, 0.3) is 5.56 Å². The van der Waals surface area contributed by atoms with Crippen LogP contribution in [-0.4, -0.2) is 51.2 Å². The maximum atomic E-state index is 13.4. The van der Waals surface area contributed by atoms with Crippen LogP contribution in [0.25, 0.3) is 33.3 Å². The van der Waals surface area contributed by atoms with Crippen LogP contribution in [0.1, 0.15) is 25.2 Å². The molecule has 0 aliphatic carbocycles. The van der Waals surface area contributed by atoms with Crippen LogP contribution >= 0.6 is 0 Å². The molecule has 0 unspecified atom stereocenters. The SMILES string of the molecule is CC[C@H](Nc1c(-c2nc3ccc(N4CCOCC4)cc3[nH]2)c(=O)[nH]c2ccccc12)c1ncccn1. The van der Waals surface area contributed by atoms with Crippen LogP contribution in [-0.2, 0) is 4.74 Å². The Morgan fingerprint density at radius 3 is 2.64 bits per heavy atom. The first-order chi connectivity index (χ1) is 17.7. The number of hydrogen-bond acceptors (Lipinski definition) is 7. The van der Waals surface area contributed by atoms with Crippen LogP contribution in [0.3, 0.4) is 0 Å². The smallest absolute Gasteiger partial charge is 0.261 e. The summed E-state index contributed by atoms with van der Waals surface area (Å²) in [6.07, 6.45) is 4.21. The molecule has 1 aliphatic rings. The summed E-state index contributed by atoms with van der Waals surface area (Å²) in [4.78, 5) is 35.9. The van der Waals surface area contributed by atoms with Gasteiger partial charge in [-0.2, -0.15) is 0 Å². The number of ether oxygens (including phenoxy) is 1. The summed E-state index contributed by atoms with van der Waals surface area (Å²) in [6.45, 7) is 5.21. The average molecular weight is 482 g/mol. The van der Waals surface area contributed by atoms with Crippen LogP contribution in [0.5, 0.6) is 0 Å². The zero-order valence-corrected chi connectivity index (χ0v) is 20.0. The third-order valence-electron chi connectivity index (χ3n) is 6.62. The molecule has 0 radical (unpaired) electrons. The molecule has 4 heterocycles. The van der Waals surface area contributed by atoms with Gasteiger partial charge in [-0.15, -0.1) is 0 Å². The van der Waals surface area contributed by atoms with E-state index >= 15 is 0 Å². The Labute approximate surface area is 207 Å². The van der Waals surface area contributed by atoms with Gasteiger partial charge in [0, 0.05) is 36.6 Å². The predicted octanol–water partition coefficient (Wildman–Crippen LogP) is 4.26. The maximum absolute atomic E-state index is 13.4. The third kappa shape index (κ3) is 4.07. The fourth-order valence-corrected chi connectivity index (χ4v) is 4.77. The normalized spacial score (nSPS) is 14.9. The minimum Gasteiger partial charge on any atom is -0.378 e. The number of nitrogens with zero attached hydrogens (tertiary/aromatic N) is 4. The van der Waals surface area contributed by atoms with E-state index in [9.17, 15) is 4.79 Å². The minimum atomic E-state index is -0.215. The lowest BCUT2D eigenvalue weighted by Gasteiger charge is -2.28. The highest BCUT2D eigenvalue weighted by Crippen LogP contribution is 2.34. The van der Waals surface area contributed by atoms with Crippen LogP contribution < -0.4 is 15.8 Å². The lowest BCUT2D eigenvalue weighted by molar-refractivity contribution is 0.122. The molecule has 1 saturated heterocycles. The van der Waals surface area contributed by atoms with Gasteiger partial charge in [0.05, 0.1) is 41.5 Å². The molecule has 9 heteroatoms.